The summed E-state index contributed by atoms with van der Waals surface area (Å²) in [5.74, 6) is -0.0286. The predicted octanol–water partition coefficient (Wildman–Crippen LogP) is 6.52. The van der Waals surface area contributed by atoms with Crippen LogP contribution in [0.25, 0.3) is 0 Å². The van der Waals surface area contributed by atoms with Gasteiger partial charge in [0, 0.05) is 17.3 Å². The molecule has 0 saturated carbocycles. The summed E-state index contributed by atoms with van der Waals surface area (Å²) in [6.45, 7) is 3.35. The van der Waals surface area contributed by atoms with Crippen LogP contribution in [0.1, 0.15) is 52.2 Å². The maximum absolute atomic E-state index is 13.4. The Morgan fingerprint density at radius 2 is 1.40 bits per heavy atom. The summed E-state index contributed by atoms with van der Waals surface area (Å²) < 4.78 is 25.8. The van der Waals surface area contributed by atoms with Crippen molar-refractivity contribution < 1.29 is 33.6 Å². The summed E-state index contributed by atoms with van der Waals surface area (Å²) >= 11 is 0. The summed E-state index contributed by atoms with van der Waals surface area (Å²) in [7, 11) is 3.20. The standard InChI is InChI=1S/C41H39N3O8/c1-27-25-44(39(48)43-37(27)42-38(47)28-11-7-5-8-12-28)35-23-32(24-36(45)46)40(2,52-35)26-51-41(29-13-9-6-10-14-29,30-15-19-33(49-3)20-16-30)31-17-21-34(50-4)22-18-31/h5-23,25,35H,24,26H2,1-4H3,(H,45,46)(H,42,43,47,48)/t35-,40-/m1/s1. The molecule has 0 radical (unpaired) electrons. The SMILES string of the molecule is COc1ccc(C(OC[C@@]2(C)O[C@@H](n3cc(C)c(NC(=O)c4ccccc4)nc3=O)C=C2CC(=O)O)(c2ccccc2)c2ccc(OC)cc2)cc1. The topological polar surface area (TPSA) is 138 Å². The van der Waals surface area contributed by atoms with E-state index in [1.54, 1.807) is 64.5 Å². The monoisotopic (exact) mass is 701 g/mol. The number of benzene rings is 4. The van der Waals surface area contributed by atoms with Crippen LogP contribution >= 0.6 is 0 Å². The second kappa shape index (κ2) is 15.1. The first kappa shape index (κ1) is 35.8. The number of nitrogens with zero attached hydrogens (tertiary/aromatic N) is 2. The Morgan fingerprint density at radius 3 is 1.94 bits per heavy atom. The lowest BCUT2D eigenvalue weighted by Crippen LogP contribution is -2.42. The Morgan fingerprint density at radius 1 is 0.865 bits per heavy atom. The Labute approximate surface area is 301 Å². The number of methoxy groups -OCH3 is 2. The highest BCUT2D eigenvalue weighted by Gasteiger charge is 2.45. The molecule has 0 saturated heterocycles. The van der Waals surface area contributed by atoms with Crippen LogP contribution in [0.5, 0.6) is 11.5 Å². The van der Waals surface area contributed by atoms with E-state index in [0.717, 1.165) is 16.7 Å². The summed E-state index contributed by atoms with van der Waals surface area (Å²) in [5.41, 5.74) is 0.546. The molecule has 52 heavy (non-hydrogen) atoms. The van der Waals surface area contributed by atoms with Crippen LogP contribution < -0.4 is 20.5 Å². The van der Waals surface area contributed by atoms with Crippen molar-refractivity contribution in [2.45, 2.75) is 37.7 Å². The normalized spacial score (nSPS) is 16.9. The van der Waals surface area contributed by atoms with Gasteiger partial charge in [-0.25, -0.2) is 4.79 Å². The summed E-state index contributed by atoms with van der Waals surface area (Å²) in [4.78, 5) is 42.6. The third-order valence-electron chi connectivity index (χ3n) is 9.16. The Hall–Kier alpha value is -6.04. The molecule has 266 valence electrons. The molecule has 0 aliphatic carbocycles. The zero-order chi connectivity index (χ0) is 36.9. The Balaban J connectivity index is 1.37. The molecule has 2 atom stereocenters. The number of carbonyl (C=O) groups is 2. The lowest BCUT2D eigenvalue weighted by molar-refractivity contribution is -0.139. The maximum atomic E-state index is 13.4. The molecule has 11 heteroatoms. The van der Waals surface area contributed by atoms with E-state index in [1.165, 1.54) is 10.8 Å². The molecule has 1 aromatic heterocycles. The largest absolute Gasteiger partial charge is 0.497 e. The number of hydrogen-bond donors (Lipinski definition) is 2. The van der Waals surface area contributed by atoms with Gasteiger partial charge in [0.25, 0.3) is 5.91 Å². The van der Waals surface area contributed by atoms with Gasteiger partial charge in [0.2, 0.25) is 0 Å². The number of aryl methyl sites for hydroxylation is 1. The third kappa shape index (κ3) is 7.23. The van der Waals surface area contributed by atoms with Crippen molar-refractivity contribution in [3.63, 3.8) is 0 Å². The van der Waals surface area contributed by atoms with Gasteiger partial charge in [-0.2, -0.15) is 4.98 Å². The number of aromatic nitrogens is 2. The van der Waals surface area contributed by atoms with Crippen LogP contribution in [0.3, 0.4) is 0 Å². The second-order valence-corrected chi connectivity index (χ2v) is 12.6. The molecule has 2 N–H and O–H groups in total. The molecule has 0 spiro atoms. The van der Waals surface area contributed by atoms with E-state index >= 15 is 0 Å². The first-order valence-electron chi connectivity index (χ1n) is 16.6. The minimum Gasteiger partial charge on any atom is -0.497 e. The van der Waals surface area contributed by atoms with Gasteiger partial charge in [-0.05, 0) is 78.6 Å². The van der Waals surface area contributed by atoms with Crippen LogP contribution in [-0.2, 0) is 19.9 Å². The van der Waals surface area contributed by atoms with Crippen LogP contribution in [0.4, 0.5) is 5.82 Å². The summed E-state index contributed by atoms with van der Waals surface area (Å²) in [6, 6.07) is 33.4. The number of carbonyl (C=O) groups excluding carboxylic acids is 1. The number of nitrogens with one attached hydrogen (secondary N) is 1. The van der Waals surface area contributed by atoms with Crippen molar-refractivity contribution in [3.8, 4) is 11.5 Å². The van der Waals surface area contributed by atoms with Crippen LogP contribution in [0.2, 0.25) is 0 Å². The van der Waals surface area contributed by atoms with E-state index in [9.17, 15) is 19.5 Å². The van der Waals surface area contributed by atoms with E-state index in [2.05, 4.69) is 10.3 Å². The minimum atomic E-state index is -1.30. The fourth-order valence-electron chi connectivity index (χ4n) is 6.36. The zero-order valence-corrected chi connectivity index (χ0v) is 29.2. The number of rotatable bonds is 13. The molecule has 6 rings (SSSR count). The number of aliphatic carboxylic acids is 1. The highest BCUT2D eigenvalue weighted by atomic mass is 16.6. The third-order valence-corrected chi connectivity index (χ3v) is 9.16. The van der Waals surface area contributed by atoms with Crippen molar-refractivity contribution in [1.82, 2.24) is 9.55 Å². The molecule has 2 heterocycles. The van der Waals surface area contributed by atoms with E-state index in [-0.39, 0.29) is 18.8 Å². The maximum Gasteiger partial charge on any atom is 0.351 e. The quantitative estimate of drug-likeness (QED) is 0.104. The predicted molar refractivity (Wildman–Crippen MR) is 195 cm³/mol. The number of carboxylic acids is 1. The first-order chi connectivity index (χ1) is 25.1. The number of amides is 1. The average Bonchev–Trinajstić information content (AvgIpc) is 3.48. The van der Waals surface area contributed by atoms with Gasteiger partial charge < -0.3 is 29.4 Å². The highest BCUT2D eigenvalue weighted by molar-refractivity contribution is 6.04. The van der Waals surface area contributed by atoms with Gasteiger partial charge in [-0.15, -0.1) is 0 Å². The number of anilines is 1. The Kier molecular flexibility index (Phi) is 10.4. The minimum absolute atomic E-state index is 0.109. The van der Waals surface area contributed by atoms with Gasteiger partial charge in [-0.3, -0.25) is 14.2 Å². The lowest BCUT2D eigenvalue weighted by atomic mass is 9.79. The number of ether oxygens (including phenoxy) is 4. The molecule has 1 aliphatic rings. The molecular formula is C41H39N3O8. The highest BCUT2D eigenvalue weighted by Crippen LogP contribution is 2.45. The van der Waals surface area contributed by atoms with Gasteiger partial charge in [0.1, 0.15) is 28.5 Å². The molecule has 0 bridgehead atoms. The molecule has 1 aliphatic heterocycles. The van der Waals surface area contributed by atoms with Crippen LogP contribution in [-0.4, -0.2) is 53.0 Å². The van der Waals surface area contributed by atoms with Crippen molar-refractivity contribution in [3.05, 3.63) is 165 Å². The van der Waals surface area contributed by atoms with Gasteiger partial charge >= 0.3 is 11.7 Å². The molecule has 5 aromatic rings. The van der Waals surface area contributed by atoms with Crippen molar-refractivity contribution in [2.24, 2.45) is 0 Å². The van der Waals surface area contributed by atoms with Crippen molar-refractivity contribution in [2.75, 3.05) is 26.1 Å². The fourth-order valence-corrected chi connectivity index (χ4v) is 6.36. The van der Waals surface area contributed by atoms with E-state index < -0.39 is 35.0 Å². The molecular weight excluding hydrogens is 662 g/mol. The molecule has 0 unspecified atom stereocenters. The fraction of sp³-hybridized carbons (Fsp3) is 0.220. The lowest BCUT2D eigenvalue weighted by Gasteiger charge is -2.39. The van der Waals surface area contributed by atoms with Crippen LogP contribution in [0, 0.1) is 6.92 Å². The molecule has 0 fully saturated rings. The van der Waals surface area contributed by atoms with Gasteiger partial charge in [0.05, 0.1) is 27.2 Å². The van der Waals surface area contributed by atoms with E-state index in [0.29, 0.717) is 28.2 Å². The summed E-state index contributed by atoms with van der Waals surface area (Å²) in [5, 5.41) is 12.7. The molecule has 11 nitrogen and oxygen atoms in total. The van der Waals surface area contributed by atoms with Crippen molar-refractivity contribution in [1.29, 1.82) is 0 Å². The first-order valence-corrected chi connectivity index (χ1v) is 16.6. The van der Waals surface area contributed by atoms with Gasteiger partial charge in [-0.1, -0.05) is 72.8 Å². The zero-order valence-electron chi connectivity index (χ0n) is 29.2. The average molecular weight is 702 g/mol. The number of carboxylic acid groups (broad SMARTS) is 1. The van der Waals surface area contributed by atoms with Crippen molar-refractivity contribution >= 4 is 17.7 Å². The molecule has 1 amide bonds. The Bertz CT molecular complexity index is 2080. The summed E-state index contributed by atoms with van der Waals surface area (Å²) in [6.07, 6.45) is 1.79. The number of hydrogen-bond acceptors (Lipinski definition) is 8. The second-order valence-electron chi connectivity index (χ2n) is 12.6. The van der Waals surface area contributed by atoms with E-state index in [4.69, 9.17) is 18.9 Å². The van der Waals surface area contributed by atoms with Crippen LogP contribution in [0.15, 0.2) is 132 Å². The van der Waals surface area contributed by atoms with Gasteiger partial charge in [0.15, 0.2) is 6.23 Å². The smallest absolute Gasteiger partial charge is 0.351 e. The molecule has 4 aromatic carbocycles. The van der Waals surface area contributed by atoms with E-state index in [1.807, 2.05) is 78.9 Å².